The van der Waals surface area contributed by atoms with E-state index >= 15 is 0 Å². The largest absolute Gasteiger partial charge is 0.478 e. The zero-order chi connectivity index (χ0) is 14.0. The number of aromatic nitrogens is 2. The van der Waals surface area contributed by atoms with Gasteiger partial charge in [0.15, 0.2) is 5.76 Å². The third kappa shape index (κ3) is 2.65. The quantitative estimate of drug-likeness (QED) is 0.855. The molecular formula is C12H13N3O4. The van der Waals surface area contributed by atoms with Gasteiger partial charge in [-0.3, -0.25) is 9.48 Å². The van der Waals surface area contributed by atoms with E-state index in [0.29, 0.717) is 6.54 Å². The van der Waals surface area contributed by atoms with Crippen molar-refractivity contribution in [2.45, 2.75) is 13.5 Å². The molecule has 0 aliphatic heterocycles. The summed E-state index contributed by atoms with van der Waals surface area (Å²) in [5.41, 5.74) is 1.79. The number of aromatic carboxylic acids is 1. The minimum atomic E-state index is -1.13. The smallest absolute Gasteiger partial charge is 0.338 e. The number of carboxylic acids is 1. The molecular weight excluding hydrogens is 250 g/mol. The Hall–Kier alpha value is -2.57. The summed E-state index contributed by atoms with van der Waals surface area (Å²) in [4.78, 5) is 22.4. The summed E-state index contributed by atoms with van der Waals surface area (Å²) < 4.78 is 6.60. The molecule has 0 atom stereocenters. The van der Waals surface area contributed by atoms with Crippen LogP contribution in [0.15, 0.2) is 22.9 Å². The number of rotatable bonds is 4. The van der Waals surface area contributed by atoms with Gasteiger partial charge >= 0.3 is 5.97 Å². The molecule has 2 rings (SSSR count). The van der Waals surface area contributed by atoms with Crippen LogP contribution in [-0.2, 0) is 13.6 Å². The predicted octanol–water partition coefficient (Wildman–Crippen LogP) is 0.950. The number of furan rings is 1. The Morgan fingerprint density at radius 2 is 2.26 bits per heavy atom. The van der Waals surface area contributed by atoms with E-state index < -0.39 is 11.9 Å². The maximum absolute atomic E-state index is 11.7. The molecule has 0 spiro atoms. The Balaban J connectivity index is 2.01. The Bertz CT molecular complexity index is 627. The molecule has 0 unspecified atom stereocenters. The van der Waals surface area contributed by atoms with E-state index in [9.17, 15) is 9.59 Å². The van der Waals surface area contributed by atoms with E-state index in [1.807, 2.05) is 14.0 Å². The van der Waals surface area contributed by atoms with Crippen molar-refractivity contribution in [2.75, 3.05) is 0 Å². The van der Waals surface area contributed by atoms with Crippen LogP contribution >= 0.6 is 0 Å². The van der Waals surface area contributed by atoms with Crippen molar-refractivity contribution < 1.29 is 19.1 Å². The number of nitrogens with zero attached hydrogens (tertiary/aromatic N) is 2. The minimum Gasteiger partial charge on any atom is -0.478 e. The third-order valence-corrected chi connectivity index (χ3v) is 2.85. The van der Waals surface area contributed by atoms with E-state index in [2.05, 4.69) is 10.4 Å². The van der Waals surface area contributed by atoms with Crippen LogP contribution in [0.5, 0.6) is 0 Å². The van der Waals surface area contributed by atoms with Gasteiger partial charge in [-0.25, -0.2) is 4.79 Å². The zero-order valence-corrected chi connectivity index (χ0v) is 10.5. The van der Waals surface area contributed by atoms with E-state index in [0.717, 1.165) is 17.5 Å². The summed E-state index contributed by atoms with van der Waals surface area (Å²) in [6.07, 6.45) is 2.70. The topological polar surface area (TPSA) is 97.4 Å². The first-order valence-corrected chi connectivity index (χ1v) is 5.56. The first-order valence-electron chi connectivity index (χ1n) is 5.56. The monoisotopic (exact) mass is 263 g/mol. The standard InChI is InChI=1S/C12H13N3O4/c1-7-9(5-14-15(7)2)4-13-11(16)10-3-8(6-19-10)12(17)18/h3,5-6H,4H2,1-2H3,(H,13,16)(H,17,18). The molecule has 0 aliphatic rings. The normalized spacial score (nSPS) is 10.4. The van der Waals surface area contributed by atoms with Gasteiger partial charge in [-0.2, -0.15) is 5.10 Å². The third-order valence-electron chi connectivity index (χ3n) is 2.85. The molecule has 2 heterocycles. The van der Waals surface area contributed by atoms with Gasteiger partial charge in [-0.15, -0.1) is 0 Å². The van der Waals surface area contributed by atoms with Gasteiger partial charge in [-0.1, -0.05) is 0 Å². The van der Waals surface area contributed by atoms with Gasteiger partial charge in [0.2, 0.25) is 0 Å². The lowest BCUT2D eigenvalue weighted by molar-refractivity contribution is 0.0696. The Morgan fingerprint density at radius 1 is 1.53 bits per heavy atom. The van der Waals surface area contributed by atoms with E-state index in [1.54, 1.807) is 10.9 Å². The maximum atomic E-state index is 11.7. The van der Waals surface area contributed by atoms with E-state index in [1.165, 1.54) is 6.07 Å². The van der Waals surface area contributed by atoms with Crippen molar-refractivity contribution in [3.05, 3.63) is 41.1 Å². The van der Waals surface area contributed by atoms with Gasteiger partial charge in [0.25, 0.3) is 5.91 Å². The fourth-order valence-corrected chi connectivity index (χ4v) is 1.55. The van der Waals surface area contributed by atoms with Crippen LogP contribution in [-0.4, -0.2) is 26.8 Å². The number of amides is 1. The van der Waals surface area contributed by atoms with Gasteiger partial charge < -0.3 is 14.8 Å². The molecule has 2 N–H and O–H groups in total. The van der Waals surface area contributed by atoms with E-state index in [4.69, 9.17) is 9.52 Å². The summed E-state index contributed by atoms with van der Waals surface area (Å²) in [7, 11) is 1.81. The number of carbonyl (C=O) groups is 2. The van der Waals surface area contributed by atoms with Gasteiger partial charge in [0, 0.05) is 30.9 Å². The number of carboxylic acid groups (broad SMARTS) is 1. The molecule has 0 radical (unpaired) electrons. The number of nitrogens with one attached hydrogen (secondary N) is 1. The van der Waals surface area contributed by atoms with Crippen molar-refractivity contribution in [1.82, 2.24) is 15.1 Å². The van der Waals surface area contributed by atoms with Crippen molar-refractivity contribution in [1.29, 1.82) is 0 Å². The summed E-state index contributed by atoms with van der Waals surface area (Å²) >= 11 is 0. The summed E-state index contributed by atoms with van der Waals surface area (Å²) in [6.45, 7) is 2.20. The van der Waals surface area contributed by atoms with Crippen molar-refractivity contribution in [3.8, 4) is 0 Å². The Morgan fingerprint density at radius 3 is 2.79 bits per heavy atom. The molecule has 7 nitrogen and oxygen atoms in total. The maximum Gasteiger partial charge on any atom is 0.338 e. The molecule has 100 valence electrons. The Labute approximate surface area is 108 Å². The number of hydrogen-bond acceptors (Lipinski definition) is 4. The SMILES string of the molecule is Cc1c(CNC(=O)c2cc(C(=O)O)co2)cnn1C. The number of carbonyl (C=O) groups excluding carboxylic acids is 1. The molecule has 0 saturated heterocycles. The van der Waals surface area contributed by atoms with Crippen LogP contribution in [0, 0.1) is 6.92 Å². The summed E-state index contributed by atoms with van der Waals surface area (Å²) in [5, 5.41) is 15.4. The highest BCUT2D eigenvalue weighted by molar-refractivity contribution is 5.95. The van der Waals surface area contributed by atoms with Gasteiger partial charge in [0.05, 0.1) is 11.8 Å². The first-order chi connectivity index (χ1) is 8.99. The predicted molar refractivity (Wildman–Crippen MR) is 64.8 cm³/mol. The molecule has 2 aromatic rings. The average molecular weight is 263 g/mol. The molecule has 0 fully saturated rings. The average Bonchev–Trinajstić information content (AvgIpc) is 2.97. The van der Waals surface area contributed by atoms with Crippen LogP contribution in [0.1, 0.15) is 32.2 Å². The van der Waals surface area contributed by atoms with Crippen LogP contribution in [0.3, 0.4) is 0 Å². The lowest BCUT2D eigenvalue weighted by Crippen LogP contribution is -2.22. The van der Waals surface area contributed by atoms with Crippen LogP contribution in [0.4, 0.5) is 0 Å². The second-order valence-electron chi connectivity index (χ2n) is 4.07. The van der Waals surface area contributed by atoms with Crippen molar-refractivity contribution in [3.63, 3.8) is 0 Å². The fraction of sp³-hybridized carbons (Fsp3) is 0.250. The van der Waals surface area contributed by atoms with Gasteiger partial charge in [-0.05, 0) is 6.92 Å². The van der Waals surface area contributed by atoms with Crippen LogP contribution < -0.4 is 5.32 Å². The van der Waals surface area contributed by atoms with Crippen molar-refractivity contribution in [2.24, 2.45) is 7.05 Å². The lowest BCUT2D eigenvalue weighted by atomic mass is 10.2. The molecule has 7 heteroatoms. The second kappa shape index (κ2) is 4.97. The highest BCUT2D eigenvalue weighted by Crippen LogP contribution is 2.09. The van der Waals surface area contributed by atoms with Crippen molar-refractivity contribution >= 4 is 11.9 Å². The Kier molecular flexibility index (Phi) is 3.37. The van der Waals surface area contributed by atoms with Crippen LogP contribution in [0.25, 0.3) is 0 Å². The molecule has 19 heavy (non-hydrogen) atoms. The second-order valence-corrected chi connectivity index (χ2v) is 4.07. The summed E-state index contributed by atoms with van der Waals surface area (Å²) in [5.74, 6) is -1.62. The molecule has 0 bridgehead atoms. The van der Waals surface area contributed by atoms with E-state index in [-0.39, 0.29) is 11.3 Å². The summed E-state index contributed by atoms with van der Waals surface area (Å²) in [6, 6.07) is 1.19. The zero-order valence-electron chi connectivity index (χ0n) is 10.5. The van der Waals surface area contributed by atoms with Crippen LogP contribution in [0.2, 0.25) is 0 Å². The first kappa shape index (κ1) is 12.9. The lowest BCUT2D eigenvalue weighted by Gasteiger charge is -2.02. The molecule has 1 amide bonds. The molecule has 0 aliphatic carbocycles. The number of hydrogen-bond donors (Lipinski definition) is 2. The molecule has 0 aromatic carbocycles. The molecule has 2 aromatic heterocycles. The number of aryl methyl sites for hydroxylation is 1. The minimum absolute atomic E-state index is 0.0288. The molecule has 0 saturated carbocycles. The highest BCUT2D eigenvalue weighted by Gasteiger charge is 2.15. The fourth-order valence-electron chi connectivity index (χ4n) is 1.55. The van der Waals surface area contributed by atoms with Gasteiger partial charge in [0.1, 0.15) is 6.26 Å². The highest BCUT2D eigenvalue weighted by atomic mass is 16.4.